The Bertz CT molecular complexity index is 607. The standard InChI is InChI=1S/C12H12N4O2/c13-6-11(17)16-10-5-9(7-15-12(10)18)8-1-3-14-4-2-8/h1-5,7H,6,13H2,(H,15,18)(H,16,17). The molecule has 0 radical (unpaired) electrons. The first-order chi connectivity index (χ1) is 8.70. The second-order valence-electron chi connectivity index (χ2n) is 3.62. The van der Waals surface area contributed by atoms with Gasteiger partial charge in [-0.1, -0.05) is 0 Å². The van der Waals surface area contributed by atoms with E-state index in [1.165, 1.54) is 0 Å². The van der Waals surface area contributed by atoms with Gasteiger partial charge in [-0.3, -0.25) is 14.6 Å². The summed E-state index contributed by atoms with van der Waals surface area (Å²) in [5.41, 5.74) is 6.68. The minimum atomic E-state index is -0.410. The third kappa shape index (κ3) is 2.61. The van der Waals surface area contributed by atoms with Gasteiger partial charge in [0.1, 0.15) is 5.69 Å². The maximum atomic E-state index is 11.5. The number of nitrogens with one attached hydrogen (secondary N) is 2. The fourth-order valence-electron chi connectivity index (χ4n) is 1.49. The molecule has 0 unspecified atom stereocenters. The number of H-pyrrole nitrogens is 1. The molecule has 0 aliphatic carbocycles. The number of nitrogens with two attached hydrogens (primary N) is 1. The van der Waals surface area contributed by atoms with Gasteiger partial charge in [0.15, 0.2) is 0 Å². The summed E-state index contributed by atoms with van der Waals surface area (Å²) in [6.45, 7) is -0.168. The number of carbonyl (C=O) groups is 1. The lowest BCUT2D eigenvalue weighted by Crippen LogP contribution is -2.25. The third-order valence-electron chi connectivity index (χ3n) is 2.38. The lowest BCUT2D eigenvalue weighted by atomic mass is 10.1. The Hall–Kier alpha value is -2.47. The van der Waals surface area contributed by atoms with Crippen LogP contribution in [0, 0.1) is 0 Å². The van der Waals surface area contributed by atoms with Crippen LogP contribution in [0.3, 0.4) is 0 Å². The number of hydrogen-bond donors (Lipinski definition) is 3. The normalized spacial score (nSPS) is 10.1. The molecule has 2 aromatic heterocycles. The van der Waals surface area contributed by atoms with Gasteiger partial charge in [0.25, 0.3) is 5.56 Å². The van der Waals surface area contributed by atoms with Crippen molar-refractivity contribution < 1.29 is 4.79 Å². The van der Waals surface area contributed by atoms with Crippen molar-refractivity contribution in [3.05, 3.63) is 47.1 Å². The number of rotatable bonds is 3. The van der Waals surface area contributed by atoms with E-state index in [-0.39, 0.29) is 17.8 Å². The number of hydrogen-bond acceptors (Lipinski definition) is 4. The lowest BCUT2D eigenvalue weighted by molar-refractivity contribution is -0.114. The number of anilines is 1. The van der Waals surface area contributed by atoms with Crippen LogP contribution >= 0.6 is 0 Å². The van der Waals surface area contributed by atoms with E-state index in [4.69, 9.17) is 5.73 Å². The van der Waals surface area contributed by atoms with Crippen LogP contribution in [-0.2, 0) is 4.79 Å². The van der Waals surface area contributed by atoms with Crippen molar-refractivity contribution in [1.29, 1.82) is 0 Å². The molecule has 0 aliphatic heterocycles. The van der Waals surface area contributed by atoms with Gasteiger partial charge in [0.05, 0.1) is 6.54 Å². The molecule has 2 rings (SSSR count). The molecule has 0 bridgehead atoms. The van der Waals surface area contributed by atoms with E-state index in [9.17, 15) is 9.59 Å². The molecule has 1 amide bonds. The minimum Gasteiger partial charge on any atom is -0.327 e. The minimum absolute atomic E-state index is 0.168. The van der Waals surface area contributed by atoms with Crippen LogP contribution in [0.4, 0.5) is 5.69 Å². The zero-order valence-electron chi connectivity index (χ0n) is 9.51. The van der Waals surface area contributed by atoms with E-state index in [2.05, 4.69) is 15.3 Å². The summed E-state index contributed by atoms with van der Waals surface area (Å²) in [5.74, 6) is -0.410. The third-order valence-corrected chi connectivity index (χ3v) is 2.38. The van der Waals surface area contributed by atoms with Crippen LogP contribution < -0.4 is 16.6 Å². The van der Waals surface area contributed by atoms with Crippen LogP contribution in [0.2, 0.25) is 0 Å². The van der Waals surface area contributed by atoms with Gasteiger partial charge in [-0.15, -0.1) is 0 Å². The Morgan fingerprint density at radius 2 is 2.06 bits per heavy atom. The second kappa shape index (κ2) is 5.24. The predicted molar refractivity (Wildman–Crippen MR) is 68.0 cm³/mol. The molecule has 0 spiro atoms. The monoisotopic (exact) mass is 244 g/mol. The van der Waals surface area contributed by atoms with Gasteiger partial charge in [0, 0.05) is 24.2 Å². The predicted octanol–water partition coefficient (Wildman–Crippen LogP) is 0.334. The van der Waals surface area contributed by atoms with E-state index >= 15 is 0 Å². The summed E-state index contributed by atoms with van der Waals surface area (Å²) in [7, 11) is 0. The molecule has 0 saturated heterocycles. The second-order valence-corrected chi connectivity index (χ2v) is 3.62. The van der Waals surface area contributed by atoms with Crippen LogP contribution in [0.1, 0.15) is 0 Å². The van der Waals surface area contributed by atoms with Crippen LogP contribution in [0.25, 0.3) is 11.1 Å². The Morgan fingerprint density at radius 3 is 2.72 bits per heavy atom. The quantitative estimate of drug-likeness (QED) is 0.724. The molecule has 6 heteroatoms. The molecule has 2 heterocycles. The summed E-state index contributed by atoms with van der Waals surface area (Å²) >= 11 is 0. The van der Waals surface area contributed by atoms with Gasteiger partial charge in [-0.25, -0.2) is 0 Å². The van der Waals surface area contributed by atoms with Crippen LogP contribution in [0.15, 0.2) is 41.6 Å². The fraction of sp³-hybridized carbons (Fsp3) is 0.0833. The fourth-order valence-corrected chi connectivity index (χ4v) is 1.49. The van der Waals surface area contributed by atoms with Crippen molar-refractivity contribution in [1.82, 2.24) is 9.97 Å². The molecule has 0 saturated carbocycles. The van der Waals surface area contributed by atoms with Crippen molar-refractivity contribution in [3.63, 3.8) is 0 Å². The molecule has 0 aromatic carbocycles. The number of carbonyl (C=O) groups excluding carboxylic acids is 1. The zero-order chi connectivity index (χ0) is 13.0. The van der Waals surface area contributed by atoms with Crippen molar-refractivity contribution in [3.8, 4) is 11.1 Å². The summed E-state index contributed by atoms with van der Waals surface area (Å²) in [4.78, 5) is 29.2. The summed E-state index contributed by atoms with van der Waals surface area (Å²) in [6, 6.07) is 5.21. The van der Waals surface area contributed by atoms with Gasteiger partial charge in [-0.05, 0) is 23.8 Å². The first kappa shape index (κ1) is 12.0. The Balaban J connectivity index is 2.38. The Morgan fingerprint density at radius 1 is 1.33 bits per heavy atom. The molecule has 0 fully saturated rings. The van der Waals surface area contributed by atoms with Gasteiger partial charge in [-0.2, -0.15) is 0 Å². The molecular weight excluding hydrogens is 232 g/mol. The van der Waals surface area contributed by atoms with E-state index in [1.807, 2.05) is 12.1 Å². The molecule has 6 nitrogen and oxygen atoms in total. The summed E-state index contributed by atoms with van der Waals surface area (Å²) < 4.78 is 0. The topological polar surface area (TPSA) is 101 Å². The van der Waals surface area contributed by atoms with E-state index in [0.29, 0.717) is 0 Å². The van der Waals surface area contributed by atoms with Crippen molar-refractivity contribution >= 4 is 11.6 Å². The average Bonchev–Trinajstić information content (AvgIpc) is 2.42. The van der Waals surface area contributed by atoms with E-state index in [1.54, 1.807) is 24.7 Å². The molecular formula is C12H12N4O2. The Labute approximate surface area is 103 Å². The van der Waals surface area contributed by atoms with Gasteiger partial charge < -0.3 is 16.0 Å². The first-order valence-electron chi connectivity index (χ1n) is 5.34. The Kier molecular flexibility index (Phi) is 3.49. The van der Waals surface area contributed by atoms with Gasteiger partial charge in [0.2, 0.25) is 5.91 Å². The smallest absolute Gasteiger partial charge is 0.271 e. The number of amides is 1. The van der Waals surface area contributed by atoms with Crippen molar-refractivity contribution in [2.75, 3.05) is 11.9 Å². The highest BCUT2D eigenvalue weighted by Crippen LogP contribution is 2.18. The highest BCUT2D eigenvalue weighted by molar-refractivity contribution is 5.92. The number of nitrogens with zero attached hydrogens (tertiary/aromatic N) is 1. The zero-order valence-corrected chi connectivity index (χ0v) is 9.51. The molecule has 0 aliphatic rings. The SMILES string of the molecule is NCC(=O)Nc1cc(-c2ccncc2)c[nH]c1=O. The van der Waals surface area contributed by atoms with Crippen LogP contribution in [-0.4, -0.2) is 22.4 Å². The van der Waals surface area contributed by atoms with E-state index in [0.717, 1.165) is 11.1 Å². The lowest BCUT2D eigenvalue weighted by Gasteiger charge is -2.05. The summed E-state index contributed by atoms with van der Waals surface area (Å²) in [5, 5.41) is 2.45. The molecule has 92 valence electrons. The highest BCUT2D eigenvalue weighted by Gasteiger charge is 2.06. The van der Waals surface area contributed by atoms with Gasteiger partial charge >= 0.3 is 0 Å². The average molecular weight is 244 g/mol. The molecule has 4 N–H and O–H groups in total. The summed E-state index contributed by atoms with van der Waals surface area (Å²) in [6.07, 6.45) is 4.88. The highest BCUT2D eigenvalue weighted by atomic mass is 16.2. The van der Waals surface area contributed by atoms with E-state index < -0.39 is 5.91 Å². The number of pyridine rings is 2. The van der Waals surface area contributed by atoms with Crippen LogP contribution in [0.5, 0.6) is 0 Å². The first-order valence-corrected chi connectivity index (χ1v) is 5.34. The number of aromatic amines is 1. The maximum absolute atomic E-state index is 11.5. The van der Waals surface area contributed by atoms with Crippen molar-refractivity contribution in [2.45, 2.75) is 0 Å². The molecule has 18 heavy (non-hydrogen) atoms. The van der Waals surface area contributed by atoms with Crippen molar-refractivity contribution in [2.24, 2.45) is 5.73 Å². The maximum Gasteiger partial charge on any atom is 0.271 e. The molecule has 2 aromatic rings. The molecule has 0 atom stereocenters. The largest absolute Gasteiger partial charge is 0.327 e. The number of aromatic nitrogens is 2.